The zero-order valence-electron chi connectivity index (χ0n) is 9.80. The fraction of sp³-hybridized carbons (Fsp3) is 0.786. The van der Waals surface area contributed by atoms with Crippen LogP contribution in [0.4, 0.5) is 0 Å². The molecule has 2 aliphatic carbocycles. The molecule has 0 unspecified atom stereocenters. The number of hydrogen-bond donors (Lipinski definition) is 0. The van der Waals surface area contributed by atoms with Gasteiger partial charge in [0.15, 0.2) is 5.78 Å². The molecule has 0 N–H and O–H groups in total. The molecule has 0 spiro atoms. The Morgan fingerprint density at radius 1 is 1.40 bits per heavy atom. The lowest BCUT2D eigenvalue weighted by Crippen LogP contribution is -2.27. The van der Waals surface area contributed by atoms with Gasteiger partial charge in [-0.2, -0.15) is 0 Å². The Bertz CT molecular complexity index is 265. The van der Waals surface area contributed by atoms with Crippen molar-refractivity contribution in [2.45, 2.75) is 58.3 Å². The molecule has 0 aliphatic heterocycles. The van der Waals surface area contributed by atoms with Gasteiger partial charge in [0.1, 0.15) is 0 Å². The number of allylic oxidation sites excluding steroid dienone is 2. The first-order valence-corrected chi connectivity index (χ1v) is 6.54. The second kappa shape index (κ2) is 4.96. The first-order chi connectivity index (χ1) is 7.31. The van der Waals surface area contributed by atoms with E-state index in [-0.39, 0.29) is 0 Å². The zero-order chi connectivity index (χ0) is 10.7. The van der Waals surface area contributed by atoms with E-state index >= 15 is 0 Å². The van der Waals surface area contributed by atoms with Crippen molar-refractivity contribution in [2.24, 2.45) is 11.8 Å². The summed E-state index contributed by atoms with van der Waals surface area (Å²) in [4.78, 5) is 11.6. The smallest absolute Gasteiger partial charge is 0.155 e. The summed E-state index contributed by atoms with van der Waals surface area (Å²) in [6.45, 7) is 2.24. The zero-order valence-corrected chi connectivity index (χ0v) is 9.80. The molecule has 0 aromatic carbocycles. The van der Waals surface area contributed by atoms with E-state index in [1.165, 1.54) is 50.5 Å². The molecule has 0 saturated heterocycles. The van der Waals surface area contributed by atoms with Crippen molar-refractivity contribution in [1.29, 1.82) is 0 Å². The van der Waals surface area contributed by atoms with Gasteiger partial charge in [0.05, 0.1) is 0 Å². The fourth-order valence-electron chi connectivity index (χ4n) is 3.22. The standard InChI is InChI=1S/C14H22O/c1-2-3-6-11-9-13(15)10-12-7-4-5-8-14(11)12/h10-11,14H,2-9H2,1H3/t11-,14+/m0/s1. The van der Waals surface area contributed by atoms with Gasteiger partial charge in [-0.15, -0.1) is 0 Å². The van der Waals surface area contributed by atoms with Gasteiger partial charge in [0.2, 0.25) is 0 Å². The highest BCUT2D eigenvalue weighted by Gasteiger charge is 2.31. The minimum Gasteiger partial charge on any atom is -0.295 e. The van der Waals surface area contributed by atoms with Crippen LogP contribution < -0.4 is 0 Å². The van der Waals surface area contributed by atoms with Crippen LogP contribution >= 0.6 is 0 Å². The van der Waals surface area contributed by atoms with Crippen LogP contribution in [0.3, 0.4) is 0 Å². The van der Waals surface area contributed by atoms with E-state index in [4.69, 9.17) is 0 Å². The number of ketones is 1. The topological polar surface area (TPSA) is 17.1 Å². The summed E-state index contributed by atoms with van der Waals surface area (Å²) < 4.78 is 0. The molecule has 0 amide bonds. The maximum absolute atomic E-state index is 11.6. The lowest BCUT2D eigenvalue weighted by atomic mass is 9.69. The third-order valence-corrected chi connectivity index (χ3v) is 4.01. The van der Waals surface area contributed by atoms with Crippen LogP contribution in [0.15, 0.2) is 11.6 Å². The van der Waals surface area contributed by atoms with Gasteiger partial charge in [0.25, 0.3) is 0 Å². The molecule has 1 saturated carbocycles. The highest BCUT2D eigenvalue weighted by Crippen LogP contribution is 2.41. The summed E-state index contributed by atoms with van der Waals surface area (Å²) in [5.74, 6) is 1.84. The fourth-order valence-corrected chi connectivity index (χ4v) is 3.22. The molecule has 2 atom stereocenters. The van der Waals surface area contributed by atoms with Gasteiger partial charge >= 0.3 is 0 Å². The van der Waals surface area contributed by atoms with E-state index in [1.807, 2.05) is 6.08 Å². The maximum Gasteiger partial charge on any atom is 0.155 e. The molecular formula is C14H22O. The van der Waals surface area contributed by atoms with Gasteiger partial charge in [-0.05, 0) is 43.6 Å². The Labute approximate surface area is 92.9 Å². The van der Waals surface area contributed by atoms with Crippen molar-refractivity contribution in [1.82, 2.24) is 0 Å². The van der Waals surface area contributed by atoms with Crippen LogP contribution in [0.1, 0.15) is 58.3 Å². The van der Waals surface area contributed by atoms with Crippen molar-refractivity contribution < 1.29 is 4.79 Å². The highest BCUT2D eigenvalue weighted by molar-refractivity contribution is 5.91. The van der Waals surface area contributed by atoms with Crippen molar-refractivity contribution in [3.8, 4) is 0 Å². The van der Waals surface area contributed by atoms with Gasteiger partial charge in [-0.25, -0.2) is 0 Å². The molecule has 1 nitrogen and oxygen atoms in total. The molecule has 0 aromatic rings. The van der Waals surface area contributed by atoms with Crippen molar-refractivity contribution in [3.63, 3.8) is 0 Å². The molecule has 15 heavy (non-hydrogen) atoms. The quantitative estimate of drug-likeness (QED) is 0.685. The SMILES string of the molecule is CCCC[C@H]1CC(=O)C=C2CCCC[C@@H]21. The van der Waals surface area contributed by atoms with Gasteiger partial charge in [-0.1, -0.05) is 31.8 Å². The predicted octanol–water partition coefficient (Wildman–Crippen LogP) is 3.88. The Kier molecular flexibility index (Phi) is 3.61. The molecule has 0 aromatic heterocycles. The number of fused-ring (bicyclic) bond motifs is 1. The van der Waals surface area contributed by atoms with Gasteiger partial charge < -0.3 is 0 Å². The largest absolute Gasteiger partial charge is 0.295 e. The number of hydrogen-bond acceptors (Lipinski definition) is 1. The summed E-state index contributed by atoms with van der Waals surface area (Å²) in [5, 5.41) is 0. The lowest BCUT2D eigenvalue weighted by molar-refractivity contribution is -0.116. The summed E-state index contributed by atoms with van der Waals surface area (Å²) in [6, 6.07) is 0. The Balaban J connectivity index is 2.05. The summed E-state index contributed by atoms with van der Waals surface area (Å²) in [7, 11) is 0. The van der Waals surface area contributed by atoms with E-state index < -0.39 is 0 Å². The second-order valence-corrected chi connectivity index (χ2v) is 5.14. The first-order valence-electron chi connectivity index (χ1n) is 6.54. The lowest BCUT2D eigenvalue weighted by Gasteiger charge is -2.35. The number of rotatable bonds is 3. The van der Waals surface area contributed by atoms with Gasteiger partial charge in [-0.3, -0.25) is 4.79 Å². The van der Waals surface area contributed by atoms with Crippen LogP contribution in [-0.2, 0) is 4.79 Å². The molecule has 2 rings (SSSR count). The first kappa shape index (κ1) is 10.9. The average molecular weight is 206 g/mol. The Morgan fingerprint density at radius 2 is 2.27 bits per heavy atom. The predicted molar refractivity (Wildman–Crippen MR) is 62.7 cm³/mol. The molecule has 0 bridgehead atoms. The monoisotopic (exact) mass is 206 g/mol. The highest BCUT2D eigenvalue weighted by atomic mass is 16.1. The maximum atomic E-state index is 11.6. The normalized spacial score (nSPS) is 31.0. The van der Waals surface area contributed by atoms with Crippen molar-refractivity contribution in [2.75, 3.05) is 0 Å². The van der Waals surface area contributed by atoms with Crippen molar-refractivity contribution >= 4 is 5.78 Å². The molecule has 0 radical (unpaired) electrons. The second-order valence-electron chi connectivity index (χ2n) is 5.14. The molecule has 1 heteroatoms. The van der Waals surface area contributed by atoms with Crippen LogP contribution in [0.25, 0.3) is 0 Å². The van der Waals surface area contributed by atoms with E-state index in [2.05, 4.69) is 6.92 Å². The molecule has 1 fully saturated rings. The van der Waals surface area contributed by atoms with E-state index in [0.717, 1.165) is 12.3 Å². The molecule has 0 heterocycles. The molecule has 84 valence electrons. The summed E-state index contributed by atoms with van der Waals surface area (Å²) in [5.41, 5.74) is 1.48. The molecule has 2 aliphatic rings. The average Bonchev–Trinajstić information content (AvgIpc) is 2.25. The third kappa shape index (κ3) is 2.50. The summed E-state index contributed by atoms with van der Waals surface area (Å²) >= 11 is 0. The van der Waals surface area contributed by atoms with Crippen LogP contribution in [0.5, 0.6) is 0 Å². The van der Waals surface area contributed by atoms with Gasteiger partial charge in [0, 0.05) is 6.42 Å². The van der Waals surface area contributed by atoms with E-state index in [0.29, 0.717) is 11.7 Å². The Hall–Kier alpha value is -0.590. The number of carbonyl (C=O) groups excluding carboxylic acids is 1. The molecular weight excluding hydrogens is 184 g/mol. The number of unbranched alkanes of at least 4 members (excludes halogenated alkanes) is 1. The summed E-state index contributed by atoms with van der Waals surface area (Å²) in [6.07, 6.45) is 11.8. The van der Waals surface area contributed by atoms with Crippen LogP contribution in [-0.4, -0.2) is 5.78 Å². The Morgan fingerprint density at radius 3 is 3.07 bits per heavy atom. The van der Waals surface area contributed by atoms with Crippen molar-refractivity contribution in [3.05, 3.63) is 11.6 Å². The van der Waals surface area contributed by atoms with E-state index in [9.17, 15) is 4.79 Å². The minimum atomic E-state index is 0.393. The third-order valence-electron chi connectivity index (χ3n) is 4.01. The minimum absolute atomic E-state index is 0.393. The van der Waals surface area contributed by atoms with E-state index in [1.54, 1.807) is 0 Å². The van der Waals surface area contributed by atoms with Crippen LogP contribution in [0, 0.1) is 11.8 Å². The van der Waals surface area contributed by atoms with Crippen LogP contribution in [0.2, 0.25) is 0 Å². The number of carbonyl (C=O) groups is 1.